The predicted octanol–water partition coefficient (Wildman–Crippen LogP) is 0.0797. The molecule has 0 aromatic heterocycles. The third-order valence-corrected chi connectivity index (χ3v) is 4.28. The summed E-state index contributed by atoms with van der Waals surface area (Å²) in [6.45, 7) is 1.29. The second kappa shape index (κ2) is 7.08. The van der Waals surface area contributed by atoms with Crippen molar-refractivity contribution in [3.8, 4) is 11.8 Å². The second-order valence-electron chi connectivity index (χ2n) is 4.31. The Balaban J connectivity index is 2.78. The SMILES string of the molecule is CC(C(=O)NCc1ccccc1C#CCO)S(C)(=O)=O. The van der Waals surface area contributed by atoms with Gasteiger partial charge in [-0.1, -0.05) is 30.0 Å². The molecule has 0 fully saturated rings. The van der Waals surface area contributed by atoms with Gasteiger partial charge >= 0.3 is 0 Å². The van der Waals surface area contributed by atoms with Crippen molar-refractivity contribution in [1.82, 2.24) is 5.32 Å². The molecule has 1 aromatic carbocycles. The van der Waals surface area contributed by atoms with Gasteiger partial charge in [-0.2, -0.15) is 0 Å². The van der Waals surface area contributed by atoms with Gasteiger partial charge in [0.2, 0.25) is 5.91 Å². The van der Waals surface area contributed by atoms with E-state index in [-0.39, 0.29) is 13.2 Å². The number of aliphatic hydroxyl groups is 1. The monoisotopic (exact) mass is 295 g/mol. The van der Waals surface area contributed by atoms with Crippen LogP contribution in [0.3, 0.4) is 0 Å². The minimum atomic E-state index is -3.40. The molecule has 0 aliphatic rings. The zero-order valence-electron chi connectivity index (χ0n) is 11.4. The van der Waals surface area contributed by atoms with Crippen molar-refractivity contribution in [2.45, 2.75) is 18.7 Å². The number of carbonyl (C=O) groups is 1. The highest BCUT2D eigenvalue weighted by Crippen LogP contribution is 2.07. The van der Waals surface area contributed by atoms with E-state index in [9.17, 15) is 13.2 Å². The van der Waals surface area contributed by atoms with Crippen molar-refractivity contribution in [2.75, 3.05) is 12.9 Å². The Morgan fingerprint density at radius 2 is 2.05 bits per heavy atom. The summed E-state index contributed by atoms with van der Waals surface area (Å²) in [6, 6.07) is 7.15. The number of carbonyl (C=O) groups excluding carboxylic acids is 1. The molecule has 6 heteroatoms. The van der Waals surface area contributed by atoms with E-state index in [0.717, 1.165) is 11.8 Å². The van der Waals surface area contributed by atoms with Crippen molar-refractivity contribution >= 4 is 15.7 Å². The van der Waals surface area contributed by atoms with Crippen molar-refractivity contribution in [3.63, 3.8) is 0 Å². The van der Waals surface area contributed by atoms with E-state index in [1.54, 1.807) is 24.3 Å². The molecule has 108 valence electrons. The first-order valence-corrected chi connectivity index (χ1v) is 7.96. The van der Waals surface area contributed by atoms with Crippen LogP contribution < -0.4 is 5.32 Å². The van der Waals surface area contributed by atoms with Crippen LogP contribution in [-0.4, -0.2) is 37.5 Å². The molecule has 1 atom stereocenters. The highest BCUT2D eigenvalue weighted by molar-refractivity contribution is 7.92. The van der Waals surface area contributed by atoms with E-state index in [2.05, 4.69) is 17.2 Å². The van der Waals surface area contributed by atoms with E-state index >= 15 is 0 Å². The molecule has 0 saturated heterocycles. The standard InChI is InChI=1S/C14H17NO4S/c1-11(20(2,18)19)14(17)15-10-13-7-4-3-6-12(13)8-5-9-16/h3-4,6-7,11,16H,9-10H2,1-2H3,(H,15,17). The van der Waals surface area contributed by atoms with Gasteiger partial charge in [-0.05, 0) is 18.6 Å². The molecule has 0 saturated carbocycles. The van der Waals surface area contributed by atoms with Crippen molar-refractivity contribution in [3.05, 3.63) is 35.4 Å². The number of rotatable bonds is 4. The van der Waals surface area contributed by atoms with E-state index in [4.69, 9.17) is 5.11 Å². The van der Waals surface area contributed by atoms with Crippen LogP contribution in [0.25, 0.3) is 0 Å². The number of hydrogen-bond acceptors (Lipinski definition) is 4. The molecule has 20 heavy (non-hydrogen) atoms. The maximum absolute atomic E-state index is 11.7. The fourth-order valence-corrected chi connectivity index (χ4v) is 1.92. The van der Waals surface area contributed by atoms with Crippen LogP contribution in [0.1, 0.15) is 18.1 Å². The predicted molar refractivity (Wildman–Crippen MR) is 76.6 cm³/mol. The Morgan fingerprint density at radius 1 is 1.40 bits per heavy atom. The summed E-state index contributed by atoms with van der Waals surface area (Å²) >= 11 is 0. The maximum Gasteiger partial charge on any atom is 0.238 e. The number of nitrogens with one attached hydrogen (secondary N) is 1. The molecule has 5 nitrogen and oxygen atoms in total. The zero-order chi connectivity index (χ0) is 15.2. The summed E-state index contributed by atoms with van der Waals surface area (Å²) < 4.78 is 22.6. The summed E-state index contributed by atoms with van der Waals surface area (Å²) in [4.78, 5) is 11.7. The lowest BCUT2D eigenvalue weighted by Gasteiger charge is -2.11. The largest absolute Gasteiger partial charge is 0.384 e. The molecule has 0 bridgehead atoms. The Hall–Kier alpha value is -1.84. The third-order valence-electron chi connectivity index (χ3n) is 2.78. The summed E-state index contributed by atoms with van der Waals surface area (Å²) in [5, 5.41) is 10.2. The molecule has 0 aliphatic heterocycles. The molecule has 0 radical (unpaired) electrons. The van der Waals surface area contributed by atoms with E-state index < -0.39 is 21.0 Å². The minimum Gasteiger partial charge on any atom is -0.384 e. The van der Waals surface area contributed by atoms with Gasteiger partial charge in [0.25, 0.3) is 0 Å². The Kier molecular flexibility index (Phi) is 5.74. The van der Waals surface area contributed by atoms with Gasteiger partial charge in [-0.25, -0.2) is 8.42 Å². The van der Waals surface area contributed by atoms with Crippen LogP contribution in [-0.2, 0) is 21.2 Å². The number of benzene rings is 1. The molecule has 1 unspecified atom stereocenters. The molecule has 1 amide bonds. The van der Waals surface area contributed by atoms with E-state index in [1.807, 2.05) is 0 Å². The topological polar surface area (TPSA) is 83.5 Å². The summed E-state index contributed by atoms with van der Waals surface area (Å²) in [5.41, 5.74) is 1.45. The number of amides is 1. The first kappa shape index (κ1) is 16.2. The van der Waals surface area contributed by atoms with Crippen molar-refractivity contribution < 1.29 is 18.3 Å². The average Bonchev–Trinajstić information content (AvgIpc) is 2.41. The highest BCUT2D eigenvalue weighted by atomic mass is 32.2. The summed E-state index contributed by atoms with van der Waals surface area (Å²) in [6.07, 6.45) is 1.03. The van der Waals surface area contributed by atoms with Crippen LogP contribution in [0.4, 0.5) is 0 Å². The maximum atomic E-state index is 11.7. The van der Waals surface area contributed by atoms with Crippen LogP contribution in [0, 0.1) is 11.8 Å². The quantitative estimate of drug-likeness (QED) is 0.771. The van der Waals surface area contributed by atoms with Crippen molar-refractivity contribution in [1.29, 1.82) is 0 Å². The molecule has 0 spiro atoms. The molecular weight excluding hydrogens is 278 g/mol. The van der Waals surface area contributed by atoms with Gasteiger partial charge in [0.05, 0.1) is 0 Å². The van der Waals surface area contributed by atoms with Gasteiger partial charge in [-0.15, -0.1) is 0 Å². The van der Waals surface area contributed by atoms with Crippen LogP contribution >= 0.6 is 0 Å². The first-order valence-electron chi connectivity index (χ1n) is 6.00. The van der Waals surface area contributed by atoms with Gasteiger partial charge in [-0.3, -0.25) is 4.79 Å². The highest BCUT2D eigenvalue weighted by Gasteiger charge is 2.23. The normalized spacial score (nSPS) is 12.2. The van der Waals surface area contributed by atoms with Crippen LogP contribution in [0.15, 0.2) is 24.3 Å². The van der Waals surface area contributed by atoms with E-state index in [1.165, 1.54) is 6.92 Å². The van der Waals surface area contributed by atoms with Gasteiger partial charge in [0, 0.05) is 18.4 Å². The number of hydrogen-bond donors (Lipinski definition) is 2. The summed E-state index contributed by atoms with van der Waals surface area (Å²) in [5.74, 6) is 4.77. The molecule has 2 N–H and O–H groups in total. The second-order valence-corrected chi connectivity index (χ2v) is 6.67. The van der Waals surface area contributed by atoms with Crippen LogP contribution in [0.2, 0.25) is 0 Å². The Morgan fingerprint density at radius 3 is 2.65 bits per heavy atom. The Labute approximate surface area is 118 Å². The van der Waals surface area contributed by atoms with Crippen molar-refractivity contribution in [2.24, 2.45) is 0 Å². The minimum absolute atomic E-state index is 0.189. The molecule has 0 aliphatic carbocycles. The zero-order valence-corrected chi connectivity index (χ0v) is 12.2. The lowest BCUT2D eigenvalue weighted by molar-refractivity contribution is -0.120. The lowest BCUT2D eigenvalue weighted by Crippen LogP contribution is -2.37. The number of sulfone groups is 1. The van der Waals surface area contributed by atoms with Gasteiger partial charge < -0.3 is 10.4 Å². The van der Waals surface area contributed by atoms with Gasteiger partial charge in [0.15, 0.2) is 9.84 Å². The lowest BCUT2D eigenvalue weighted by atomic mass is 10.1. The van der Waals surface area contributed by atoms with Gasteiger partial charge in [0.1, 0.15) is 11.9 Å². The first-order chi connectivity index (χ1) is 9.36. The van der Waals surface area contributed by atoms with E-state index in [0.29, 0.717) is 5.56 Å². The fourth-order valence-electron chi connectivity index (χ4n) is 1.45. The average molecular weight is 295 g/mol. The van der Waals surface area contributed by atoms with Crippen LogP contribution in [0.5, 0.6) is 0 Å². The fraction of sp³-hybridized carbons (Fsp3) is 0.357. The smallest absolute Gasteiger partial charge is 0.238 e. The summed E-state index contributed by atoms with van der Waals surface area (Å²) in [7, 11) is -3.40. The molecule has 1 rings (SSSR count). The molecular formula is C14H17NO4S. The molecule has 1 aromatic rings. The number of aliphatic hydroxyl groups excluding tert-OH is 1. The third kappa shape index (κ3) is 4.68. The molecule has 0 heterocycles. The Bertz CT molecular complexity index is 641.